The third-order valence-corrected chi connectivity index (χ3v) is 8.72. The normalized spacial score (nSPS) is 30.4. The Bertz CT molecular complexity index is 992. The average Bonchev–Trinajstić information content (AvgIpc) is 3.17. The second-order valence-corrected chi connectivity index (χ2v) is 11.0. The van der Waals surface area contributed by atoms with Crippen LogP contribution in [0.2, 0.25) is 0 Å². The van der Waals surface area contributed by atoms with Crippen LogP contribution in [0.25, 0.3) is 0 Å². The lowest BCUT2D eigenvalue weighted by atomic mass is 9.43. The zero-order valence-electron chi connectivity index (χ0n) is 20.4. The van der Waals surface area contributed by atoms with E-state index < -0.39 is 0 Å². The van der Waals surface area contributed by atoms with Crippen molar-refractivity contribution in [3.63, 3.8) is 0 Å². The van der Waals surface area contributed by atoms with Crippen molar-refractivity contribution in [2.45, 2.75) is 63.6 Å². The first kappa shape index (κ1) is 25.2. The summed E-state index contributed by atoms with van der Waals surface area (Å²) in [5.74, 6) is 1.12. The first-order chi connectivity index (χ1) is 15.8. The highest BCUT2D eigenvalue weighted by atomic mass is 35.5. The molecule has 2 aromatic carbocycles. The van der Waals surface area contributed by atoms with E-state index >= 15 is 0 Å². The molecule has 1 aliphatic heterocycles. The summed E-state index contributed by atoms with van der Waals surface area (Å²) in [6.07, 6.45) is 3.03. The van der Waals surface area contributed by atoms with Gasteiger partial charge in [0.15, 0.2) is 6.04 Å². The Balaban J connectivity index is 0.00000274. The van der Waals surface area contributed by atoms with E-state index in [0.717, 1.165) is 17.5 Å². The van der Waals surface area contributed by atoms with Crippen LogP contribution in [0.1, 0.15) is 50.6 Å². The number of rotatable bonds is 7. The van der Waals surface area contributed by atoms with Gasteiger partial charge in [0.2, 0.25) is 0 Å². The number of nitrogens with one attached hydrogen (secondary N) is 1. The van der Waals surface area contributed by atoms with Crippen LogP contribution in [0, 0.1) is 17.3 Å². The predicted molar refractivity (Wildman–Crippen MR) is 129 cm³/mol. The number of hydrogen-bond acceptors (Lipinski definition) is 3. The topological polar surface area (TPSA) is 75.2 Å². The molecule has 6 rings (SSSR count). The van der Waals surface area contributed by atoms with Gasteiger partial charge in [-0.15, -0.1) is 0 Å². The minimum atomic E-state index is -0.366. The lowest BCUT2D eigenvalue weighted by molar-refractivity contribution is -0.403. The molecule has 34 heavy (non-hydrogen) atoms. The van der Waals surface area contributed by atoms with Gasteiger partial charge in [-0.25, -0.2) is 0 Å². The Morgan fingerprint density at radius 3 is 2.38 bits per heavy atom. The highest BCUT2D eigenvalue weighted by Crippen LogP contribution is 2.66. The van der Waals surface area contributed by atoms with Crippen LogP contribution < -0.4 is 23.5 Å². The summed E-state index contributed by atoms with van der Waals surface area (Å²) in [5, 5.41) is 3.15. The van der Waals surface area contributed by atoms with E-state index in [1.54, 1.807) is 0 Å². The first-order valence-corrected chi connectivity index (χ1v) is 12.3. The van der Waals surface area contributed by atoms with Gasteiger partial charge in [0.05, 0.1) is 11.7 Å². The number of halogens is 1. The fourth-order valence-electron chi connectivity index (χ4n) is 6.49. The smallest absolute Gasteiger partial charge is 0.467 e. The molecule has 5 nitrogen and oxygen atoms in total. The Morgan fingerprint density at radius 2 is 1.74 bits per heavy atom. The van der Waals surface area contributed by atoms with E-state index in [2.05, 4.69) is 44.0 Å². The van der Waals surface area contributed by atoms with Crippen molar-refractivity contribution >= 4 is 13.0 Å². The minimum Gasteiger partial charge on any atom is -1.00 e. The molecule has 0 radical (unpaired) electrons. The van der Waals surface area contributed by atoms with Crippen LogP contribution in [0.5, 0.6) is 0 Å². The molecule has 0 spiro atoms. The fourth-order valence-corrected chi connectivity index (χ4v) is 6.49. The van der Waals surface area contributed by atoms with Gasteiger partial charge in [0.1, 0.15) is 0 Å². The summed E-state index contributed by atoms with van der Waals surface area (Å²) in [4.78, 5) is 12.9. The number of benzene rings is 2. The SMILES string of the molecule is CC1(C)[C@H]2C[C@@H]3OB(C(CNC(=O)[C@@H]([NH3+])Cc4ccccc4)c4ccccc4)O[C@]3(C)[C@@H]1C2.[Cl-]. The minimum absolute atomic E-state index is 0. The fraction of sp³-hybridized carbons (Fsp3) is 0.519. The maximum Gasteiger partial charge on any atom is 0.467 e. The third-order valence-electron chi connectivity index (χ3n) is 8.72. The Kier molecular flexibility index (Phi) is 7.17. The van der Waals surface area contributed by atoms with E-state index in [1.165, 1.54) is 6.42 Å². The lowest BCUT2D eigenvalue weighted by Crippen LogP contribution is -3.00. The van der Waals surface area contributed by atoms with Crippen LogP contribution in [-0.4, -0.2) is 37.3 Å². The molecular weight excluding hydrogens is 447 g/mol. The molecule has 182 valence electrons. The van der Waals surface area contributed by atoms with E-state index in [-0.39, 0.29) is 49.0 Å². The van der Waals surface area contributed by atoms with E-state index in [4.69, 9.17) is 9.31 Å². The molecule has 4 aliphatic rings. The van der Waals surface area contributed by atoms with Crippen LogP contribution in [0.4, 0.5) is 0 Å². The van der Waals surface area contributed by atoms with Gasteiger partial charge < -0.3 is 32.8 Å². The largest absolute Gasteiger partial charge is 1.00 e. The van der Waals surface area contributed by atoms with Crippen LogP contribution in [0.3, 0.4) is 0 Å². The van der Waals surface area contributed by atoms with Crippen molar-refractivity contribution in [3.05, 3.63) is 71.8 Å². The van der Waals surface area contributed by atoms with Gasteiger partial charge in [0, 0.05) is 18.8 Å². The average molecular weight is 483 g/mol. The molecule has 1 saturated heterocycles. The molecule has 1 amide bonds. The van der Waals surface area contributed by atoms with Crippen LogP contribution in [0.15, 0.2) is 60.7 Å². The molecule has 2 bridgehead atoms. The molecule has 1 heterocycles. The number of quaternary nitrogens is 1. The van der Waals surface area contributed by atoms with Crippen molar-refractivity contribution < 1.29 is 32.2 Å². The molecule has 3 saturated carbocycles. The van der Waals surface area contributed by atoms with Crippen molar-refractivity contribution in [2.75, 3.05) is 6.54 Å². The van der Waals surface area contributed by atoms with Crippen molar-refractivity contribution in [1.29, 1.82) is 0 Å². The summed E-state index contributed by atoms with van der Waals surface area (Å²) < 4.78 is 13.3. The second kappa shape index (κ2) is 9.65. The molecule has 7 heteroatoms. The summed E-state index contributed by atoms with van der Waals surface area (Å²) in [6, 6.07) is 20.0. The molecule has 4 N–H and O–H groups in total. The number of carbonyl (C=O) groups excluding carboxylic acids is 1. The molecule has 6 atom stereocenters. The van der Waals surface area contributed by atoms with Crippen molar-refractivity contribution in [2.24, 2.45) is 17.3 Å². The Labute approximate surface area is 209 Å². The maximum atomic E-state index is 12.9. The summed E-state index contributed by atoms with van der Waals surface area (Å²) in [7, 11) is -0.366. The van der Waals surface area contributed by atoms with Crippen molar-refractivity contribution in [3.8, 4) is 0 Å². The maximum absolute atomic E-state index is 12.9. The molecular formula is C27H36BClN2O3. The molecule has 3 aliphatic carbocycles. The van der Waals surface area contributed by atoms with Crippen molar-refractivity contribution in [1.82, 2.24) is 5.32 Å². The van der Waals surface area contributed by atoms with Gasteiger partial charge in [0.25, 0.3) is 5.91 Å². The summed E-state index contributed by atoms with van der Waals surface area (Å²) in [5.41, 5.74) is 6.39. The highest BCUT2D eigenvalue weighted by Gasteiger charge is 2.68. The first-order valence-electron chi connectivity index (χ1n) is 12.3. The van der Waals surface area contributed by atoms with Gasteiger partial charge in [-0.05, 0) is 48.1 Å². The van der Waals surface area contributed by atoms with Gasteiger partial charge in [-0.1, -0.05) is 74.5 Å². The third kappa shape index (κ3) is 4.42. The van der Waals surface area contributed by atoms with Gasteiger partial charge in [-0.3, -0.25) is 4.79 Å². The van der Waals surface area contributed by atoms with Crippen LogP contribution >= 0.6 is 0 Å². The molecule has 4 fully saturated rings. The number of hydrogen-bond donors (Lipinski definition) is 2. The van der Waals surface area contributed by atoms with Crippen LogP contribution in [-0.2, 0) is 20.5 Å². The van der Waals surface area contributed by atoms with E-state index in [1.807, 2.05) is 48.5 Å². The molecule has 2 aromatic rings. The summed E-state index contributed by atoms with van der Waals surface area (Å²) >= 11 is 0. The Hall–Kier alpha value is -1.86. The zero-order chi connectivity index (χ0) is 23.2. The monoisotopic (exact) mass is 482 g/mol. The standard InChI is InChI=1S/C27H35BN2O3.ClH/c1-26(2)20-15-23(26)27(3)24(16-20)32-28(33-27)21(19-12-8-5-9-13-19)17-30-25(31)22(29)14-18-10-6-4-7-11-18;/h4-13,20-24H,14-17,29H2,1-3H3,(H,30,31);1H/t20-,21?,22+,23-,24+,27-;/m1./s1. The molecule has 0 aromatic heterocycles. The number of carbonyl (C=O) groups is 1. The van der Waals surface area contributed by atoms with Gasteiger partial charge in [-0.2, -0.15) is 0 Å². The highest BCUT2D eigenvalue weighted by molar-refractivity contribution is 6.47. The predicted octanol–water partition coefficient (Wildman–Crippen LogP) is 0.0111. The zero-order valence-corrected chi connectivity index (χ0v) is 21.1. The Morgan fingerprint density at radius 1 is 1.09 bits per heavy atom. The molecule has 1 unspecified atom stereocenters. The number of amides is 1. The quantitative estimate of drug-likeness (QED) is 0.546. The van der Waals surface area contributed by atoms with E-state index in [9.17, 15) is 4.79 Å². The second-order valence-electron chi connectivity index (χ2n) is 11.0. The van der Waals surface area contributed by atoms with E-state index in [0.29, 0.717) is 30.2 Å². The summed E-state index contributed by atoms with van der Waals surface area (Å²) in [6.45, 7) is 7.46. The van der Waals surface area contributed by atoms with Gasteiger partial charge >= 0.3 is 7.12 Å². The lowest BCUT2D eigenvalue weighted by Gasteiger charge is -2.64.